The van der Waals surface area contributed by atoms with E-state index in [4.69, 9.17) is 10.5 Å². The molecule has 11 heteroatoms. The predicted molar refractivity (Wildman–Crippen MR) is 110 cm³/mol. The van der Waals surface area contributed by atoms with Crippen LogP contribution < -0.4 is 10.6 Å². The van der Waals surface area contributed by atoms with E-state index in [1.54, 1.807) is 28.0 Å². The third kappa shape index (κ3) is 4.26. The summed E-state index contributed by atoms with van der Waals surface area (Å²) in [7, 11) is 3.74. The summed E-state index contributed by atoms with van der Waals surface area (Å²) in [6.07, 6.45) is 2.35. The van der Waals surface area contributed by atoms with E-state index in [1.165, 1.54) is 0 Å². The molecule has 0 spiro atoms. The Bertz CT molecular complexity index is 921. The summed E-state index contributed by atoms with van der Waals surface area (Å²) < 4.78 is 7.98. The average Bonchev–Trinajstić information content (AvgIpc) is 3.42. The van der Waals surface area contributed by atoms with Crippen molar-refractivity contribution in [3.05, 3.63) is 23.3 Å². The third-order valence-corrected chi connectivity index (χ3v) is 6.11. The van der Waals surface area contributed by atoms with Gasteiger partial charge in [0, 0.05) is 20.7 Å². The van der Waals surface area contributed by atoms with Crippen molar-refractivity contribution in [2.75, 3.05) is 31.3 Å². The molecule has 1 unspecified atom stereocenters. The van der Waals surface area contributed by atoms with Gasteiger partial charge in [0.05, 0.1) is 23.3 Å². The minimum Gasteiger partial charge on any atom is -0.376 e. The zero-order valence-corrected chi connectivity index (χ0v) is 17.4. The molecule has 1 aliphatic heterocycles. The van der Waals surface area contributed by atoms with Crippen molar-refractivity contribution in [3.8, 4) is 10.7 Å². The van der Waals surface area contributed by atoms with E-state index in [9.17, 15) is 0 Å². The molecular weight excluding hydrogens is 396 g/mol. The number of rotatable bonds is 7. The van der Waals surface area contributed by atoms with E-state index in [-0.39, 0.29) is 12.1 Å². The van der Waals surface area contributed by atoms with Gasteiger partial charge in [-0.2, -0.15) is 15.0 Å². The number of nitrogens with two attached hydrogens (primary N) is 1. The van der Waals surface area contributed by atoms with Crippen LogP contribution in [0.4, 0.5) is 11.9 Å². The highest BCUT2D eigenvalue weighted by Crippen LogP contribution is 2.30. The molecule has 0 bridgehead atoms. The van der Waals surface area contributed by atoms with Crippen molar-refractivity contribution in [2.45, 2.75) is 36.4 Å². The fourth-order valence-corrected chi connectivity index (χ4v) is 4.48. The summed E-state index contributed by atoms with van der Waals surface area (Å²) in [5.74, 6) is 2.78. The van der Waals surface area contributed by atoms with Gasteiger partial charge in [-0.05, 0) is 24.3 Å². The lowest BCUT2D eigenvalue weighted by Gasteiger charge is -2.14. The fraction of sp³-hybridized carbons (Fsp3) is 0.471. The second-order valence-electron chi connectivity index (χ2n) is 6.62. The first-order chi connectivity index (χ1) is 13.6. The van der Waals surface area contributed by atoms with Crippen molar-refractivity contribution >= 4 is 35.0 Å². The predicted octanol–water partition coefficient (Wildman–Crippen LogP) is 2.31. The Morgan fingerprint density at radius 1 is 1.32 bits per heavy atom. The lowest BCUT2D eigenvalue weighted by molar-refractivity contribution is 0.0953. The van der Waals surface area contributed by atoms with Crippen molar-refractivity contribution in [2.24, 2.45) is 0 Å². The summed E-state index contributed by atoms with van der Waals surface area (Å²) in [5.41, 5.74) is 5.83. The lowest BCUT2D eigenvalue weighted by Crippen LogP contribution is -2.17. The first-order valence-corrected chi connectivity index (χ1v) is 10.9. The molecule has 1 atom stereocenters. The molecular formula is C17H22N8OS2. The van der Waals surface area contributed by atoms with Crippen molar-refractivity contribution in [1.29, 1.82) is 0 Å². The largest absolute Gasteiger partial charge is 0.376 e. The normalized spacial score (nSPS) is 16.6. The molecule has 4 heterocycles. The Balaban J connectivity index is 1.57. The minimum atomic E-state index is 0.197. The lowest BCUT2D eigenvalue weighted by atomic mass is 10.2. The van der Waals surface area contributed by atoms with E-state index in [2.05, 4.69) is 35.8 Å². The standard InChI is InChI=1S/C17H22N8OS2/c1-24(2)16-20-13(19-15(18)21-16)10-28-17-23-22-14(12-6-4-8-27-12)25(17)9-11-5-3-7-26-11/h4,6,8,11H,3,5,7,9-10H2,1-2H3,(H2,18,19,20,21). The second-order valence-corrected chi connectivity index (χ2v) is 8.51. The van der Waals surface area contributed by atoms with Crippen LogP contribution in [0.3, 0.4) is 0 Å². The van der Waals surface area contributed by atoms with Crippen molar-refractivity contribution < 1.29 is 4.74 Å². The smallest absolute Gasteiger partial charge is 0.229 e. The molecule has 1 saturated heterocycles. The summed E-state index contributed by atoms with van der Waals surface area (Å²) in [6.45, 7) is 1.56. The van der Waals surface area contributed by atoms with E-state index >= 15 is 0 Å². The highest BCUT2D eigenvalue weighted by atomic mass is 32.2. The van der Waals surface area contributed by atoms with Crippen LogP contribution in [-0.4, -0.2) is 56.5 Å². The molecule has 3 aromatic heterocycles. The minimum absolute atomic E-state index is 0.197. The molecule has 28 heavy (non-hydrogen) atoms. The quantitative estimate of drug-likeness (QED) is 0.578. The highest BCUT2D eigenvalue weighted by Gasteiger charge is 2.22. The first-order valence-electron chi connectivity index (χ1n) is 8.99. The van der Waals surface area contributed by atoms with Gasteiger partial charge in [0.25, 0.3) is 0 Å². The summed E-state index contributed by atoms with van der Waals surface area (Å²) >= 11 is 3.20. The van der Waals surface area contributed by atoms with E-state index in [0.29, 0.717) is 17.5 Å². The highest BCUT2D eigenvalue weighted by molar-refractivity contribution is 7.98. The van der Waals surface area contributed by atoms with E-state index in [1.807, 2.05) is 25.5 Å². The molecule has 1 aliphatic rings. The van der Waals surface area contributed by atoms with Crippen LogP contribution in [0.1, 0.15) is 18.7 Å². The van der Waals surface area contributed by atoms with Gasteiger partial charge >= 0.3 is 0 Å². The molecule has 3 aromatic rings. The summed E-state index contributed by atoms with van der Waals surface area (Å²) in [5, 5.41) is 11.7. The molecule has 148 valence electrons. The topological polar surface area (TPSA) is 108 Å². The number of ether oxygens (including phenoxy) is 1. The molecule has 0 saturated carbocycles. The third-order valence-electron chi connectivity index (χ3n) is 4.29. The van der Waals surface area contributed by atoms with Crippen LogP contribution in [0.15, 0.2) is 22.7 Å². The Labute approximate surface area is 171 Å². The molecule has 9 nitrogen and oxygen atoms in total. The Morgan fingerprint density at radius 3 is 2.93 bits per heavy atom. The Morgan fingerprint density at radius 2 is 2.21 bits per heavy atom. The molecule has 1 fully saturated rings. The van der Waals surface area contributed by atoms with E-state index < -0.39 is 0 Å². The molecule has 2 N–H and O–H groups in total. The van der Waals surface area contributed by atoms with Gasteiger partial charge in [0.2, 0.25) is 11.9 Å². The second kappa shape index (κ2) is 8.41. The molecule has 4 rings (SSSR count). The van der Waals surface area contributed by atoms with Crippen LogP contribution in [0.5, 0.6) is 0 Å². The fourth-order valence-electron chi connectivity index (χ4n) is 2.96. The number of nitrogen functional groups attached to an aromatic ring is 1. The van der Waals surface area contributed by atoms with Gasteiger partial charge < -0.3 is 15.4 Å². The van der Waals surface area contributed by atoms with E-state index in [0.717, 1.165) is 41.9 Å². The average molecular weight is 419 g/mol. The number of nitrogens with zero attached hydrogens (tertiary/aromatic N) is 7. The summed E-state index contributed by atoms with van der Waals surface area (Å²) in [6, 6.07) is 4.08. The molecule has 0 aliphatic carbocycles. The zero-order chi connectivity index (χ0) is 19.5. The van der Waals surface area contributed by atoms with Crippen LogP contribution in [-0.2, 0) is 17.0 Å². The number of aromatic nitrogens is 6. The molecule has 0 radical (unpaired) electrons. The van der Waals surface area contributed by atoms with Gasteiger partial charge in [-0.1, -0.05) is 17.8 Å². The number of hydrogen-bond acceptors (Lipinski definition) is 10. The maximum absolute atomic E-state index is 5.84. The van der Waals surface area contributed by atoms with Crippen molar-refractivity contribution in [3.63, 3.8) is 0 Å². The summed E-state index contributed by atoms with van der Waals surface area (Å²) in [4.78, 5) is 15.7. The number of thiophene rings is 1. The van der Waals surface area contributed by atoms with Crippen molar-refractivity contribution in [1.82, 2.24) is 29.7 Å². The number of hydrogen-bond donors (Lipinski definition) is 1. The maximum atomic E-state index is 5.84. The van der Waals surface area contributed by atoms with Gasteiger partial charge in [0.1, 0.15) is 5.82 Å². The number of anilines is 2. The van der Waals surface area contributed by atoms with Gasteiger partial charge in [-0.15, -0.1) is 21.5 Å². The first kappa shape index (κ1) is 19.1. The van der Waals surface area contributed by atoms with Crippen LogP contribution in [0.2, 0.25) is 0 Å². The monoisotopic (exact) mass is 418 g/mol. The maximum Gasteiger partial charge on any atom is 0.229 e. The SMILES string of the molecule is CN(C)c1nc(N)nc(CSc2nnc(-c3cccs3)n2CC2CCCO2)n1. The zero-order valence-electron chi connectivity index (χ0n) is 15.8. The Kier molecular flexibility index (Phi) is 5.74. The van der Waals surface area contributed by atoms with Gasteiger partial charge in [0.15, 0.2) is 11.0 Å². The van der Waals surface area contributed by atoms with Crippen LogP contribution in [0.25, 0.3) is 10.7 Å². The molecule has 0 amide bonds. The van der Waals surface area contributed by atoms with Crippen LogP contribution in [0, 0.1) is 0 Å². The Hall–Kier alpha value is -2.24. The van der Waals surface area contributed by atoms with Crippen LogP contribution >= 0.6 is 23.1 Å². The number of thioether (sulfide) groups is 1. The van der Waals surface area contributed by atoms with Gasteiger partial charge in [-0.25, -0.2) is 0 Å². The molecule has 0 aromatic carbocycles. The van der Waals surface area contributed by atoms with Gasteiger partial charge in [-0.3, -0.25) is 4.57 Å².